The number of hydrogen-bond acceptors (Lipinski definition) is 3. The zero-order chi connectivity index (χ0) is 18.9. The van der Waals surface area contributed by atoms with Crippen LogP contribution in [0.5, 0.6) is 0 Å². The number of allylic oxidation sites excluding steroid dienone is 2. The number of ketones is 1. The number of nitriles is 1. The summed E-state index contributed by atoms with van der Waals surface area (Å²) in [5, 5.41) is 8.75. The molecule has 134 valence electrons. The van der Waals surface area contributed by atoms with Crippen LogP contribution in [0.3, 0.4) is 0 Å². The number of hydrogen-bond donors (Lipinski definition) is 0. The first-order valence-corrected chi connectivity index (χ1v) is 6.43. The number of carbonyl (C=O) groups is 1. The zero-order valence-electron chi connectivity index (χ0n) is 12.0. The molecule has 0 aliphatic rings. The van der Waals surface area contributed by atoms with Gasteiger partial charge in [-0.3, -0.25) is 0 Å². The van der Waals surface area contributed by atoms with E-state index in [-0.39, 0.29) is 5.76 Å². The number of nitrogens with zero attached hydrogens (tertiary/aromatic N) is 1. The van der Waals surface area contributed by atoms with Crippen molar-refractivity contribution in [3.63, 3.8) is 0 Å². The Hall–Kier alpha value is -1.98. The van der Waals surface area contributed by atoms with Crippen LogP contribution in [-0.4, -0.2) is 5.78 Å². The summed E-state index contributed by atoms with van der Waals surface area (Å²) in [5.74, 6) is -1.19. The maximum absolute atomic E-state index is 13.1. The molecule has 0 atom stereocenters. The van der Waals surface area contributed by atoms with Gasteiger partial charge in [0.15, 0.2) is 0 Å². The van der Waals surface area contributed by atoms with E-state index < -0.39 is 46.0 Å². The third-order valence-corrected chi connectivity index (χ3v) is 3.23. The zero-order valence-corrected chi connectivity index (χ0v) is 12.9. The van der Waals surface area contributed by atoms with Crippen LogP contribution in [-0.2, 0) is 37.3 Å². The number of alkyl halides is 6. The van der Waals surface area contributed by atoms with Crippen LogP contribution in [0.2, 0.25) is 0 Å². The van der Waals surface area contributed by atoms with Crippen LogP contribution in [0.4, 0.5) is 26.3 Å². The molecule has 0 aliphatic heterocycles. The van der Waals surface area contributed by atoms with Gasteiger partial charge in [-0.05, 0) is 0 Å². The van der Waals surface area contributed by atoms with Crippen LogP contribution >= 0.6 is 0 Å². The molecule has 0 bridgehead atoms. The van der Waals surface area contributed by atoms with Crippen molar-refractivity contribution in [3.05, 3.63) is 40.1 Å². The van der Waals surface area contributed by atoms with Gasteiger partial charge < -0.3 is 0 Å². The number of Topliss-reactive ketones (excluding diaryl/α,β-unsaturated/α-hetero) is 1. The summed E-state index contributed by atoms with van der Waals surface area (Å²) in [6.45, 7) is 2.06. The van der Waals surface area contributed by atoms with E-state index in [4.69, 9.17) is 5.26 Å². The Balaban J connectivity index is 3.98. The molecule has 0 aromatic heterocycles. The summed E-state index contributed by atoms with van der Waals surface area (Å²) < 4.78 is 82.7. The van der Waals surface area contributed by atoms with Crippen LogP contribution in [0.1, 0.15) is 36.1 Å². The molecule has 1 rings (SSSR count). The van der Waals surface area contributed by atoms with E-state index in [9.17, 15) is 31.1 Å². The van der Waals surface area contributed by atoms with Gasteiger partial charge in [-0.25, -0.2) is 0 Å². The van der Waals surface area contributed by atoms with Gasteiger partial charge in [0.05, 0.1) is 0 Å². The monoisotopic (exact) mass is 399 g/mol. The first-order chi connectivity index (χ1) is 10.8. The van der Waals surface area contributed by atoms with Gasteiger partial charge in [0.2, 0.25) is 0 Å². The van der Waals surface area contributed by atoms with Gasteiger partial charge in [0.1, 0.15) is 0 Å². The van der Waals surface area contributed by atoms with E-state index in [1.54, 1.807) is 0 Å². The normalized spacial score (nSPS) is 13.2. The number of benzene rings is 1. The minimum atomic E-state index is -5.23. The molecule has 24 heavy (non-hydrogen) atoms. The van der Waals surface area contributed by atoms with E-state index in [0.717, 1.165) is 19.9 Å². The summed E-state index contributed by atoms with van der Waals surface area (Å²) in [4.78, 5) is 11.6. The molecule has 0 spiro atoms. The molecular formula is C14H8CuF6NO2. The Bertz CT molecular complexity index is 708. The van der Waals surface area contributed by atoms with Crippen molar-refractivity contribution in [3.8, 4) is 6.07 Å². The number of halogens is 6. The Morgan fingerprint density at radius 3 is 1.75 bits per heavy atom. The van der Waals surface area contributed by atoms with Gasteiger partial charge in [-0.1, -0.05) is 0 Å². The molecule has 0 unspecified atom stereocenters. The summed E-state index contributed by atoms with van der Waals surface area (Å²) in [7, 11) is 0. The predicted octanol–water partition coefficient (Wildman–Crippen LogP) is 4.39. The predicted molar refractivity (Wildman–Crippen MR) is 65.5 cm³/mol. The summed E-state index contributed by atoms with van der Waals surface area (Å²) in [6, 6.07) is 1.51. The molecule has 0 saturated carbocycles. The van der Waals surface area contributed by atoms with Crippen LogP contribution in [0.25, 0.3) is 5.57 Å². The van der Waals surface area contributed by atoms with Crippen molar-refractivity contribution in [2.24, 2.45) is 0 Å². The summed E-state index contributed by atoms with van der Waals surface area (Å²) >= 11 is 4.38. The molecule has 0 radical (unpaired) electrons. The van der Waals surface area contributed by atoms with Crippen molar-refractivity contribution >= 4 is 11.4 Å². The van der Waals surface area contributed by atoms with Crippen molar-refractivity contribution in [1.82, 2.24) is 0 Å². The second kappa shape index (κ2) is 6.87. The molecular weight excluding hydrogens is 392 g/mol. The molecule has 0 saturated heterocycles. The van der Waals surface area contributed by atoms with Crippen molar-refractivity contribution < 1.29 is 51.3 Å². The van der Waals surface area contributed by atoms with Crippen molar-refractivity contribution in [1.29, 1.82) is 5.26 Å². The Morgan fingerprint density at radius 1 is 1.08 bits per heavy atom. The van der Waals surface area contributed by atoms with Crippen molar-refractivity contribution in [2.45, 2.75) is 26.2 Å². The van der Waals surface area contributed by atoms with Crippen LogP contribution < -0.4 is 0 Å². The van der Waals surface area contributed by atoms with E-state index >= 15 is 0 Å². The second-order valence-corrected chi connectivity index (χ2v) is 4.79. The fraction of sp³-hybridized carbons (Fsp3) is 0.286. The Morgan fingerprint density at radius 2 is 1.50 bits per heavy atom. The molecule has 1 aromatic rings. The topological polar surface area (TPSA) is 50.1 Å². The molecule has 0 N–H and O–H groups in total. The molecule has 0 heterocycles. The Labute approximate surface area is 141 Å². The summed E-state index contributed by atoms with van der Waals surface area (Å²) in [6.07, 6.45) is -10.5. The molecule has 10 heteroatoms. The third-order valence-electron chi connectivity index (χ3n) is 2.95. The van der Waals surface area contributed by atoms with Crippen molar-refractivity contribution in [2.75, 3.05) is 0 Å². The molecule has 3 nitrogen and oxygen atoms in total. The first kappa shape index (κ1) is 20.1. The SMILES string of the molecule is CC(=O)/C(=C(/C)[O][Cu])c1cc(C(F)(F)F)c(C#N)c(C(F)(F)F)c1. The standard InChI is InChI=1S/C14H9F6NO2.Cu/c1-6(22)12(7(2)23)8-3-10(13(15,16)17)9(5-21)11(4-8)14(18,19)20;/h3-4,22H,1-2H3;/q;+1/p-1/b12-6+;. The molecule has 0 aliphatic carbocycles. The van der Waals surface area contributed by atoms with Gasteiger partial charge in [-0.2, -0.15) is 0 Å². The quantitative estimate of drug-likeness (QED) is 0.328. The number of carbonyl (C=O) groups excluding carboxylic acids is 1. The van der Waals surface area contributed by atoms with Crippen LogP contribution in [0.15, 0.2) is 17.9 Å². The average molecular weight is 400 g/mol. The third kappa shape index (κ3) is 4.10. The molecule has 1 aromatic carbocycles. The van der Waals surface area contributed by atoms with E-state index in [1.165, 1.54) is 0 Å². The average Bonchev–Trinajstić information content (AvgIpc) is 2.43. The molecule has 0 amide bonds. The fourth-order valence-electron chi connectivity index (χ4n) is 2.04. The van der Waals surface area contributed by atoms with Gasteiger partial charge in [0.25, 0.3) is 0 Å². The number of rotatable bonds is 3. The van der Waals surface area contributed by atoms with Gasteiger partial charge >= 0.3 is 140 Å². The second-order valence-electron chi connectivity index (χ2n) is 4.60. The van der Waals surface area contributed by atoms with Gasteiger partial charge in [0, 0.05) is 0 Å². The summed E-state index contributed by atoms with van der Waals surface area (Å²) in [5.41, 5.74) is -6.41. The minimum absolute atomic E-state index is 0.292. The van der Waals surface area contributed by atoms with E-state index in [0.29, 0.717) is 12.1 Å². The maximum atomic E-state index is 13.1. The Kier molecular flexibility index (Phi) is 5.74. The van der Waals surface area contributed by atoms with E-state index in [2.05, 4.69) is 20.2 Å². The first-order valence-electron chi connectivity index (χ1n) is 6.04. The fourth-order valence-corrected chi connectivity index (χ4v) is 2.14. The van der Waals surface area contributed by atoms with Gasteiger partial charge in [-0.15, -0.1) is 0 Å². The molecule has 0 fully saturated rings. The van der Waals surface area contributed by atoms with Crippen LogP contribution in [0, 0.1) is 11.3 Å². The van der Waals surface area contributed by atoms with E-state index in [1.807, 2.05) is 0 Å².